The SMILES string of the molecule is CCCCCCCCN1CCCCn2cc(C)nc21. The van der Waals surface area contributed by atoms with Gasteiger partial charge in [0, 0.05) is 25.8 Å². The molecule has 0 saturated heterocycles. The van der Waals surface area contributed by atoms with Crippen LogP contribution in [0.4, 0.5) is 5.95 Å². The summed E-state index contributed by atoms with van der Waals surface area (Å²) in [4.78, 5) is 7.21. The van der Waals surface area contributed by atoms with Gasteiger partial charge in [-0.25, -0.2) is 4.98 Å². The van der Waals surface area contributed by atoms with Gasteiger partial charge in [-0.15, -0.1) is 0 Å². The second-order valence-electron chi connectivity index (χ2n) is 5.84. The number of rotatable bonds is 7. The molecule has 0 aliphatic carbocycles. The summed E-state index contributed by atoms with van der Waals surface area (Å²) < 4.78 is 2.35. The quantitative estimate of drug-likeness (QED) is 0.689. The minimum atomic E-state index is 1.14. The number of nitrogens with zero attached hydrogens (tertiary/aromatic N) is 3. The highest BCUT2D eigenvalue weighted by molar-refractivity contribution is 5.34. The minimum Gasteiger partial charge on any atom is -0.342 e. The van der Waals surface area contributed by atoms with Crippen LogP contribution in [0.15, 0.2) is 6.20 Å². The van der Waals surface area contributed by atoms with Crippen LogP contribution >= 0.6 is 0 Å². The highest BCUT2D eigenvalue weighted by atomic mass is 15.3. The van der Waals surface area contributed by atoms with Crippen LogP contribution in [0, 0.1) is 6.92 Å². The first-order chi connectivity index (χ1) is 9.31. The average Bonchev–Trinajstić information content (AvgIpc) is 2.67. The van der Waals surface area contributed by atoms with Crippen molar-refractivity contribution in [1.29, 1.82) is 0 Å². The Kier molecular flexibility index (Phi) is 5.74. The molecule has 0 amide bonds. The lowest BCUT2D eigenvalue weighted by molar-refractivity contribution is 0.593. The molecule has 2 heterocycles. The Bertz CT molecular complexity index is 370. The van der Waals surface area contributed by atoms with Crippen molar-refractivity contribution in [1.82, 2.24) is 9.55 Å². The summed E-state index contributed by atoms with van der Waals surface area (Å²) in [6, 6.07) is 0. The van der Waals surface area contributed by atoms with Crippen LogP contribution in [0.2, 0.25) is 0 Å². The third-order valence-corrected chi connectivity index (χ3v) is 4.02. The Morgan fingerprint density at radius 1 is 1.05 bits per heavy atom. The number of anilines is 1. The maximum Gasteiger partial charge on any atom is 0.205 e. The normalized spacial score (nSPS) is 15.4. The highest BCUT2D eigenvalue weighted by Crippen LogP contribution is 2.20. The van der Waals surface area contributed by atoms with E-state index in [1.807, 2.05) is 0 Å². The molecule has 0 bridgehead atoms. The predicted octanol–water partition coefficient (Wildman–Crippen LogP) is 4.15. The lowest BCUT2D eigenvalue weighted by atomic mass is 10.1. The molecule has 3 heteroatoms. The van der Waals surface area contributed by atoms with E-state index in [0.29, 0.717) is 0 Å². The monoisotopic (exact) mass is 263 g/mol. The van der Waals surface area contributed by atoms with Crippen LogP contribution in [-0.4, -0.2) is 22.6 Å². The molecule has 0 N–H and O–H groups in total. The van der Waals surface area contributed by atoms with E-state index in [4.69, 9.17) is 4.98 Å². The molecule has 1 aliphatic heterocycles. The van der Waals surface area contributed by atoms with Gasteiger partial charge in [-0.2, -0.15) is 0 Å². The summed E-state index contributed by atoms with van der Waals surface area (Å²) in [7, 11) is 0. The molecule has 19 heavy (non-hydrogen) atoms. The van der Waals surface area contributed by atoms with E-state index in [-0.39, 0.29) is 0 Å². The van der Waals surface area contributed by atoms with E-state index < -0.39 is 0 Å². The molecule has 0 spiro atoms. The van der Waals surface area contributed by atoms with Gasteiger partial charge < -0.3 is 9.47 Å². The summed E-state index contributed by atoms with van der Waals surface area (Å²) >= 11 is 0. The molecule has 0 saturated carbocycles. The standard InChI is InChI=1S/C16H29N3/c1-3-4-5-6-7-8-11-18-12-9-10-13-19-14-15(2)17-16(18)19/h14H,3-13H2,1-2H3. The first kappa shape index (κ1) is 14.4. The molecule has 2 rings (SSSR count). The molecule has 108 valence electrons. The molecule has 0 atom stereocenters. The second-order valence-corrected chi connectivity index (χ2v) is 5.84. The van der Waals surface area contributed by atoms with Crippen molar-refractivity contribution in [3.63, 3.8) is 0 Å². The molecular weight excluding hydrogens is 234 g/mol. The van der Waals surface area contributed by atoms with E-state index in [1.165, 1.54) is 70.4 Å². The first-order valence-corrected chi connectivity index (χ1v) is 8.10. The van der Waals surface area contributed by atoms with Crippen molar-refractivity contribution < 1.29 is 0 Å². The van der Waals surface area contributed by atoms with E-state index in [0.717, 1.165) is 12.2 Å². The van der Waals surface area contributed by atoms with E-state index in [2.05, 4.69) is 29.5 Å². The van der Waals surface area contributed by atoms with Gasteiger partial charge in [-0.3, -0.25) is 0 Å². The number of unbranched alkanes of at least 4 members (excludes halogenated alkanes) is 5. The maximum absolute atomic E-state index is 4.71. The summed E-state index contributed by atoms with van der Waals surface area (Å²) in [5.74, 6) is 1.21. The maximum atomic E-state index is 4.71. The Balaban J connectivity index is 1.79. The molecule has 1 aromatic rings. The van der Waals surface area contributed by atoms with Crippen molar-refractivity contribution in [2.75, 3.05) is 18.0 Å². The molecule has 0 aromatic carbocycles. The summed E-state index contributed by atoms with van der Waals surface area (Å²) in [5, 5.41) is 0. The van der Waals surface area contributed by atoms with Crippen LogP contribution in [0.1, 0.15) is 64.0 Å². The zero-order chi connectivity index (χ0) is 13.5. The van der Waals surface area contributed by atoms with Crippen LogP contribution in [-0.2, 0) is 6.54 Å². The third-order valence-electron chi connectivity index (χ3n) is 4.02. The molecular formula is C16H29N3. The average molecular weight is 263 g/mol. The summed E-state index contributed by atoms with van der Waals surface area (Å²) in [6.07, 6.45) is 13.0. The van der Waals surface area contributed by atoms with Gasteiger partial charge in [0.25, 0.3) is 0 Å². The Labute approximate surface area is 118 Å². The number of hydrogen-bond donors (Lipinski definition) is 0. The van der Waals surface area contributed by atoms with E-state index >= 15 is 0 Å². The van der Waals surface area contributed by atoms with Crippen molar-refractivity contribution in [3.05, 3.63) is 11.9 Å². The molecule has 0 fully saturated rings. The lowest BCUT2D eigenvalue weighted by Gasteiger charge is -2.21. The van der Waals surface area contributed by atoms with E-state index in [9.17, 15) is 0 Å². The van der Waals surface area contributed by atoms with Gasteiger partial charge in [-0.05, 0) is 26.2 Å². The van der Waals surface area contributed by atoms with E-state index in [1.54, 1.807) is 0 Å². The fraction of sp³-hybridized carbons (Fsp3) is 0.812. The number of fused-ring (bicyclic) bond motifs is 1. The smallest absolute Gasteiger partial charge is 0.205 e. The fourth-order valence-corrected chi connectivity index (χ4v) is 2.93. The van der Waals surface area contributed by atoms with Crippen LogP contribution < -0.4 is 4.90 Å². The molecule has 0 radical (unpaired) electrons. The Morgan fingerprint density at radius 3 is 2.63 bits per heavy atom. The van der Waals surface area contributed by atoms with Crippen molar-refractivity contribution in [3.8, 4) is 0 Å². The fourth-order valence-electron chi connectivity index (χ4n) is 2.93. The van der Waals surface area contributed by atoms with Crippen molar-refractivity contribution in [2.24, 2.45) is 0 Å². The number of imidazole rings is 1. The van der Waals surface area contributed by atoms with Gasteiger partial charge in [0.2, 0.25) is 5.95 Å². The largest absolute Gasteiger partial charge is 0.342 e. The van der Waals surface area contributed by atoms with Crippen LogP contribution in [0.25, 0.3) is 0 Å². The van der Waals surface area contributed by atoms with Gasteiger partial charge in [0.05, 0.1) is 5.69 Å². The van der Waals surface area contributed by atoms with Crippen molar-refractivity contribution in [2.45, 2.75) is 71.8 Å². The number of aryl methyl sites for hydroxylation is 2. The molecule has 1 aliphatic rings. The van der Waals surface area contributed by atoms with Crippen molar-refractivity contribution >= 4 is 5.95 Å². The van der Waals surface area contributed by atoms with Crippen LogP contribution in [0.5, 0.6) is 0 Å². The topological polar surface area (TPSA) is 21.1 Å². The predicted molar refractivity (Wildman–Crippen MR) is 81.8 cm³/mol. The number of hydrogen-bond acceptors (Lipinski definition) is 2. The minimum absolute atomic E-state index is 1.14. The van der Waals surface area contributed by atoms with Gasteiger partial charge in [0.1, 0.15) is 0 Å². The summed E-state index contributed by atoms with van der Waals surface area (Å²) in [6.45, 7) is 7.89. The summed E-state index contributed by atoms with van der Waals surface area (Å²) in [5.41, 5.74) is 1.16. The lowest BCUT2D eigenvalue weighted by Crippen LogP contribution is -2.26. The zero-order valence-corrected chi connectivity index (χ0v) is 12.7. The second kappa shape index (κ2) is 7.56. The van der Waals surface area contributed by atoms with Crippen LogP contribution in [0.3, 0.4) is 0 Å². The van der Waals surface area contributed by atoms with Gasteiger partial charge in [0.15, 0.2) is 0 Å². The molecule has 0 unspecified atom stereocenters. The highest BCUT2D eigenvalue weighted by Gasteiger charge is 2.16. The van der Waals surface area contributed by atoms with Gasteiger partial charge in [-0.1, -0.05) is 39.0 Å². The molecule has 3 nitrogen and oxygen atoms in total. The Hall–Kier alpha value is -0.990. The first-order valence-electron chi connectivity index (χ1n) is 8.10. The number of aromatic nitrogens is 2. The Morgan fingerprint density at radius 2 is 1.79 bits per heavy atom. The van der Waals surface area contributed by atoms with Gasteiger partial charge >= 0.3 is 0 Å². The third kappa shape index (κ3) is 4.26. The zero-order valence-electron chi connectivity index (χ0n) is 12.7. The molecule has 1 aromatic heterocycles.